The smallest absolute Gasteiger partial charge is 0.160 e. The van der Waals surface area contributed by atoms with Gasteiger partial charge >= 0.3 is 0 Å². The van der Waals surface area contributed by atoms with E-state index in [2.05, 4.69) is 317 Å². The quantitative estimate of drug-likeness (QED) is 0.166. The van der Waals surface area contributed by atoms with E-state index in [4.69, 9.17) is 9.97 Å². The normalized spacial score (nSPS) is 24.2. The zero-order valence-corrected chi connectivity index (χ0v) is 61.7. The van der Waals surface area contributed by atoms with Gasteiger partial charge < -0.3 is 13.7 Å². The molecule has 0 unspecified atom stereocenters. The highest BCUT2D eigenvalue weighted by atomic mass is 15.1. The molecule has 4 heterocycles. The number of para-hydroxylation sites is 4. The van der Waals surface area contributed by atoms with Crippen LogP contribution in [-0.4, -0.2) is 23.7 Å². The molecule has 10 aliphatic rings. The van der Waals surface area contributed by atoms with E-state index in [-0.39, 0.29) is 10.8 Å². The van der Waals surface area contributed by atoms with Crippen LogP contribution in [0.15, 0.2) is 303 Å². The molecule has 0 N–H and O–H groups in total. The second-order valence-electron chi connectivity index (χ2n) is 35.0. The van der Waals surface area contributed by atoms with Gasteiger partial charge in [0, 0.05) is 76.1 Å². The molecule has 0 atom stereocenters. The Labute approximate surface area is 643 Å². The summed E-state index contributed by atoms with van der Waals surface area (Å²) in [5.74, 6) is 6.60. The summed E-state index contributed by atoms with van der Waals surface area (Å²) in [6, 6.07) is 117. The van der Waals surface area contributed by atoms with Crippen molar-refractivity contribution in [2.24, 2.45) is 47.3 Å². The second kappa shape index (κ2) is 21.9. The van der Waals surface area contributed by atoms with E-state index in [1.54, 1.807) is 22.3 Å². The summed E-state index contributed by atoms with van der Waals surface area (Å²) in [7, 11) is 0. The van der Waals surface area contributed by atoms with E-state index in [0.717, 1.165) is 51.1 Å². The maximum atomic E-state index is 5.56. The monoisotopic (exact) mass is 1420 g/mol. The largest absolute Gasteiger partial charge is 0.309 e. The van der Waals surface area contributed by atoms with Gasteiger partial charge in [-0.1, -0.05) is 237 Å². The Hall–Kier alpha value is -12.2. The lowest BCUT2D eigenvalue weighted by Crippen LogP contribution is -2.57. The van der Waals surface area contributed by atoms with Gasteiger partial charge in [0.25, 0.3) is 0 Å². The van der Waals surface area contributed by atoms with E-state index >= 15 is 0 Å². The van der Waals surface area contributed by atoms with Crippen molar-refractivity contribution >= 4 is 109 Å². The van der Waals surface area contributed by atoms with Crippen LogP contribution in [0.25, 0.3) is 171 Å². The van der Waals surface area contributed by atoms with Crippen molar-refractivity contribution in [3.63, 3.8) is 0 Å². The van der Waals surface area contributed by atoms with Crippen LogP contribution in [0.5, 0.6) is 0 Å². The van der Waals surface area contributed by atoms with Crippen molar-refractivity contribution in [2.75, 3.05) is 0 Å². The minimum Gasteiger partial charge on any atom is -0.309 e. The average Bonchev–Trinajstić information content (AvgIpc) is 1.52. The SMILES string of the molecule is c1ccc(-c2nc(-c3cc(-n4c5cc6cc(C7C8CC9CC7CC(C8)C97c8ccccc8-c8c7ccc7c8c8ccc9ccccc9c8n7-c7cccc8c9ccccc9n(-c9ccccc9)c78)ccc6cc5c5c6c(ccc54)C4(c5ccccc5-6)C5CC6CC(C5)CC4C6)c4ccccc4c3)nc3ccccc23)cc1. The van der Waals surface area contributed by atoms with Gasteiger partial charge in [-0.05, 0) is 249 Å². The molecule has 111 heavy (non-hydrogen) atoms. The molecule has 0 saturated heterocycles. The molecule has 526 valence electrons. The molecule has 10 aliphatic carbocycles. The van der Waals surface area contributed by atoms with Crippen LogP contribution < -0.4 is 0 Å². The third-order valence-electron chi connectivity index (χ3n) is 30.3. The third kappa shape index (κ3) is 7.78. The standard InChI is InChI=1S/C106H77N5/c1-3-21-63(22-4-1)101-82-31-13-17-35-89(82)107-104(108-101)70-51-65-23-8-9-26-76(65)94(59-70)110-91-44-42-88-98(81-30-12-15-33-85(81)105(88)71-47-60-46-61(49-71)50-72(105)48-60)100(91)84-57-64-38-39-66(52-67(64)58-95(84)110)96-68-53-73-55-69(96)56-74(54-68)106(73)86-34-16-11-29-80(86)97-87(106)43-45-92-99(97)83-41-40-62-20-7-10-27-77(62)102(83)111(92)93-37-19-32-79-78-28-14-18-36-90(78)109(103(79)93)75-24-5-2-6-25-75/h1-45,51-52,57-61,68-69,71-74,96H,46-50,53-56H2. The summed E-state index contributed by atoms with van der Waals surface area (Å²) >= 11 is 0. The molecule has 0 radical (unpaired) electrons. The van der Waals surface area contributed by atoms with Crippen LogP contribution in [0.1, 0.15) is 91.5 Å². The van der Waals surface area contributed by atoms with Crippen molar-refractivity contribution in [2.45, 2.75) is 74.5 Å². The molecular weight excluding hydrogens is 1340 g/mol. The number of aromatic nitrogens is 5. The van der Waals surface area contributed by atoms with Gasteiger partial charge in [0.1, 0.15) is 0 Å². The molecule has 5 nitrogen and oxygen atoms in total. The molecule has 2 spiro atoms. The van der Waals surface area contributed by atoms with Crippen molar-refractivity contribution in [1.82, 2.24) is 23.7 Å². The molecule has 5 heteroatoms. The second-order valence-corrected chi connectivity index (χ2v) is 35.0. The maximum absolute atomic E-state index is 5.56. The maximum Gasteiger partial charge on any atom is 0.160 e. The first-order valence-electron chi connectivity index (χ1n) is 41.2. The van der Waals surface area contributed by atoms with Crippen LogP contribution in [-0.2, 0) is 10.8 Å². The molecule has 29 rings (SSSR count). The highest BCUT2D eigenvalue weighted by Crippen LogP contribution is 2.74. The Morgan fingerprint density at radius 2 is 0.883 bits per heavy atom. The number of hydrogen-bond acceptors (Lipinski definition) is 2. The fraction of sp³-hybridized carbons (Fsp3) is 0.189. The Morgan fingerprint density at radius 3 is 1.61 bits per heavy atom. The van der Waals surface area contributed by atoms with Crippen molar-refractivity contribution in [3.05, 3.63) is 331 Å². The molecule has 0 aliphatic heterocycles. The Morgan fingerprint density at radius 1 is 0.297 bits per heavy atom. The first-order valence-corrected chi connectivity index (χ1v) is 41.2. The first kappa shape index (κ1) is 60.7. The summed E-state index contributed by atoms with van der Waals surface area (Å²) in [5, 5.41) is 16.7. The summed E-state index contributed by atoms with van der Waals surface area (Å²) in [5.41, 5.74) is 28.9. The van der Waals surface area contributed by atoms with E-state index in [9.17, 15) is 0 Å². The van der Waals surface area contributed by atoms with Crippen LogP contribution in [0, 0.1) is 47.3 Å². The number of nitrogens with zero attached hydrogens (tertiary/aromatic N) is 5. The minimum absolute atomic E-state index is 0.0425. The number of hydrogen-bond donors (Lipinski definition) is 0. The summed E-state index contributed by atoms with van der Waals surface area (Å²) in [4.78, 5) is 11.0. The van der Waals surface area contributed by atoms with Crippen molar-refractivity contribution in [3.8, 4) is 62.0 Å². The Bertz CT molecular complexity index is 7290. The fourth-order valence-corrected chi connectivity index (χ4v) is 26.9. The third-order valence-corrected chi connectivity index (χ3v) is 30.3. The molecule has 0 amide bonds. The van der Waals surface area contributed by atoms with E-state index in [1.807, 2.05) is 0 Å². The predicted molar refractivity (Wildman–Crippen MR) is 457 cm³/mol. The zero-order chi connectivity index (χ0) is 71.8. The molecule has 19 aromatic rings. The van der Waals surface area contributed by atoms with E-state index in [0.29, 0.717) is 41.4 Å². The van der Waals surface area contributed by atoms with Crippen molar-refractivity contribution < 1.29 is 0 Å². The van der Waals surface area contributed by atoms with Crippen molar-refractivity contribution in [1.29, 1.82) is 0 Å². The molecule has 8 bridgehead atoms. The van der Waals surface area contributed by atoms with Crippen LogP contribution in [0.3, 0.4) is 0 Å². The van der Waals surface area contributed by atoms with Crippen LogP contribution in [0.2, 0.25) is 0 Å². The van der Waals surface area contributed by atoms with Gasteiger partial charge in [-0.25, -0.2) is 9.97 Å². The molecule has 8 saturated carbocycles. The fourth-order valence-electron chi connectivity index (χ4n) is 26.9. The number of fused-ring (bicyclic) bond motifs is 22. The lowest BCUT2D eigenvalue weighted by Gasteiger charge is -2.63. The first-order chi connectivity index (χ1) is 55.0. The van der Waals surface area contributed by atoms with Gasteiger partial charge in [-0.3, -0.25) is 0 Å². The minimum atomic E-state index is -0.0615. The van der Waals surface area contributed by atoms with Crippen LogP contribution in [0.4, 0.5) is 0 Å². The highest BCUT2D eigenvalue weighted by Gasteiger charge is 2.65. The number of rotatable bonds is 6. The van der Waals surface area contributed by atoms with Gasteiger partial charge in [0.05, 0.1) is 55.7 Å². The van der Waals surface area contributed by atoms with Gasteiger partial charge in [-0.15, -0.1) is 0 Å². The summed E-state index contributed by atoms with van der Waals surface area (Å²) in [6.07, 6.45) is 11.8. The lowest BCUT2D eigenvalue weighted by atomic mass is 9.40. The topological polar surface area (TPSA) is 40.6 Å². The molecular formula is C106H77N5. The molecule has 4 aromatic heterocycles. The Balaban J connectivity index is 0.625. The lowest BCUT2D eigenvalue weighted by molar-refractivity contribution is -0.0569. The van der Waals surface area contributed by atoms with Gasteiger partial charge in [0.2, 0.25) is 0 Å². The van der Waals surface area contributed by atoms with E-state index < -0.39 is 0 Å². The molecule has 15 aromatic carbocycles. The summed E-state index contributed by atoms with van der Waals surface area (Å²) < 4.78 is 7.87. The van der Waals surface area contributed by atoms with E-state index in [1.165, 1.54) is 195 Å². The zero-order valence-electron chi connectivity index (χ0n) is 61.7. The number of benzene rings is 15. The molecule has 8 fully saturated rings. The average molecular weight is 1420 g/mol. The summed E-state index contributed by atoms with van der Waals surface area (Å²) in [6.45, 7) is 0. The van der Waals surface area contributed by atoms with Crippen LogP contribution >= 0.6 is 0 Å². The van der Waals surface area contributed by atoms with Gasteiger partial charge in [-0.2, -0.15) is 0 Å². The predicted octanol–water partition coefficient (Wildman–Crippen LogP) is 26.6. The Kier molecular flexibility index (Phi) is 12.0. The van der Waals surface area contributed by atoms with Gasteiger partial charge in [0.15, 0.2) is 5.82 Å². The highest BCUT2D eigenvalue weighted by molar-refractivity contribution is 6.26.